The lowest BCUT2D eigenvalue weighted by Crippen LogP contribution is -2.42. The number of amides is 3. The van der Waals surface area contributed by atoms with Crippen molar-refractivity contribution < 1.29 is 27.9 Å². The molecular formula is C11H11F2N3O4S. The summed E-state index contributed by atoms with van der Waals surface area (Å²) >= 11 is 0.0796. The molecule has 0 unspecified atom stereocenters. The van der Waals surface area contributed by atoms with Gasteiger partial charge in [0.2, 0.25) is 0 Å². The van der Waals surface area contributed by atoms with E-state index in [1.54, 1.807) is 5.32 Å². The number of aromatic nitrogens is 1. The van der Waals surface area contributed by atoms with Crippen molar-refractivity contribution in [1.29, 1.82) is 0 Å². The summed E-state index contributed by atoms with van der Waals surface area (Å²) in [5, 5.41) is 1.51. The first kappa shape index (κ1) is 16.8. The van der Waals surface area contributed by atoms with Gasteiger partial charge >= 0.3 is 12.0 Å². The fraction of sp³-hybridized carbons (Fsp3) is 0.273. The number of nitrogens with zero attached hydrogens (tertiary/aromatic N) is 1. The smallest absolute Gasteiger partial charge is 0.341 e. The summed E-state index contributed by atoms with van der Waals surface area (Å²) in [6.45, 7) is 1.20. The average molecular weight is 319 g/mol. The predicted molar refractivity (Wildman–Crippen MR) is 68.7 cm³/mol. The third kappa shape index (κ3) is 5.34. The van der Waals surface area contributed by atoms with Crippen LogP contribution >= 0.6 is 11.8 Å². The number of pyridine rings is 1. The van der Waals surface area contributed by atoms with E-state index >= 15 is 0 Å². The maximum absolute atomic E-state index is 12.4. The molecule has 3 N–H and O–H groups in total. The van der Waals surface area contributed by atoms with Gasteiger partial charge in [-0.05, 0) is 30.8 Å². The van der Waals surface area contributed by atoms with Gasteiger partial charge in [0.15, 0.2) is 6.10 Å². The molecule has 10 heteroatoms. The number of primary amides is 1. The highest BCUT2D eigenvalue weighted by atomic mass is 32.2. The second-order valence-electron chi connectivity index (χ2n) is 3.64. The lowest BCUT2D eigenvalue weighted by molar-refractivity contribution is -0.127. The molecule has 1 atom stereocenters. The van der Waals surface area contributed by atoms with Crippen LogP contribution in [0, 0.1) is 0 Å². The van der Waals surface area contributed by atoms with Gasteiger partial charge in [-0.15, -0.1) is 0 Å². The first-order chi connectivity index (χ1) is 9.81. The molecule has 0 aliphatic rings. The molecule has 0 saturated heterocycles. The van der Waals surface area contributed by atoms with E-state index in [1.165, 1.54) is 25.3 Å². The lowest BCUT2D eigenvalue weighted by atomic mass is 10.3. The zero-order chi connectivity index (χ0) is 16.0. The van der Waals surface area contributed by atoms with Crippen LogP contribution in [0.1, 0.15) is 17.3 Å². The second-order valence-corrected chi connectivity index (χ2v) is 4.61. The Kier molecular flexibility index (Phi) is 6.03. The summed E-state index contributed by atoms with van der Waals surface area (Å²) in [4.78, 5) is 37.3. The Balaban J connectivity index is 2.80. The highest BCUT2D eigenvalue weighted by Crippen LogP contribution is 2.26. The monoisotopic (exact) mass is 319 g/mol. The number of hydrogen-bond donors (Lipinski definition) is 2. The maximum Gasteiger partial charge on any atom is 0.341 e. The zero-order valence-electron chi connectivity index (χ0n) is 10.7. The molecule has 3 amide bonds. The van der Waals surface area contributed by atoms with Crippen molar-refractivity contribution in [3.05, 3.63) is 23.9 Å². The summed E-state index contributed by atoms with van der Waals surface area (Å²) < 4.78 is 29.5. The number of esters is 1. The van der Waals surface area contributed by atoms with Crippen LogP contribution in [0.15, 0.2) is 23.4 Å². The number of nitrogens with two attached hydrogens (primary N) is 1. The van der Waals surface area contributed by atoms with Crippen molar-refractivity contribution in [3.8, 4) is 0 Å². The number of nitrogens with one attached hydrogen (secondary N) is 1. The van der Waals surface area contributed by atoms with E-state index in [-0.39, 0.29) is 22.4 Å². The normalized spacial score (nSPS) is 11.8. The van der Waals surface area contributed by atoms with E-state index in [4.69, 9.17) is 10.5 Å². The van der Waals surface area contributed by atoms with Crippen molar-refractivity contribution in [2.75, 3.05) is 0 Å². The standard InChI is InChI=1S/C11H11F2N3O4S/c1-5(7(17)16-11(14)19)20-9(18)6-3-2-4-15-8(6)21-10(12)13/h2-5,10H,1H3,(H3,14,16,17,19)/t5-/m1/s1. The van der Waals surface area contributed by atoms with Gasteiger partial charge in [0, 0.05) is 6.20 Å². The van der Waals surface area contributed by atoms with E-state index in [0.717, 1.165) is 0 Å². The molecular weight excluding hydrogens is 308 g/mol. The van der Waals surface area contributed by atoms with E-state index in [9.17, 15) is 23.2 Å². The van der Waals surface area contributed by atoms with Gasteiger partial charge in [0.25, 0.3) is 11.7 Å². The zero-order valence-corrected chi connectivity index (χ0v) is 11.5. The Hall–Kier alpha value is -2.23. The van der Waals surface area contributed by atoms with Gasteiger partial charge < -0.3 is 10.5 Å². The molecule has 0 saturated carbocycles. The molecule has 7 nitrogen and oxygen atoms in total. The average Bonchev–Trinajstić information content (AvgIpc) is 2.37. The minimum absolute atomic E-state index is 0.0796. The third-order valence-electron chi connectivity index (χ3n) is 2.09. The van der Waals surface area contributed by atoms with Crippen LogP contribution < -0.4 is 11.1 Å². The SMILES string of the molecule is C[C@@H](OC(=O)c1cccnc1SC(F)F)C(=O)NC(N)=O. The number of ether oxygens (including phenoxy) is 1. The Labute approximate surface area is 122 Å². The first-order valence-electron chi connectivity index (χ1n) is 5.52. The molecule has 0 aliphatic carbocycles. The molecule has 0 aliphatic heterocycles. The van der Waals surface area contributed by atoms with Gasteiger partial charge in [-0.25, -0.2) is 14.6 Å². The quantitative estimate of drug-likeness (QED) is 0.622. The second kappa shape index (κ2) is 7.53. The van der Waals surface area contributed by atoms with Crippen LogP contribution in [0.5, 0.6) is 0 Å². The molecule has 114 valence electrons. The molecule has 0 bridgehead atoms. The molecule has 0 spiro atoms. The van der Waals surface area contributed by atoms with E-state index < -0.39 is 29.8 Å². The van der Waals surface area contributed by atoms with Crippen LogP contribution in [0.4, 0.5) is 13.6 Å². The van der Waals surface area contributed by atoms with E-state index in [0.29, 0.717) is 0 Å². The number of carbonyl (C=O) groups excluding carboxylic acids is 3. The number of halogens is 2. The molecule has 1 aromatic heterocycles. The fourth-order valence-corrected chi connectivity index (χ4v) is 1.79. The summed E-state index contributed by atoms with van der Waals surface area (Å²) in [6, 6.07) is 1.50. The van der Waals surface area contributed by atoms with Crippen molar-refractivity contribution in [3.63, 3.8) is 0 Å². The number of thioether (sulfide) groups is 1. The van der Waals surface area contributed by atoms with Crippen molar-refractivity contribution in [2.45, 2.75) is 23.8 Å². The van der Waals surface area contributed by atoms with Crippen molar-refractivity contribution in [1.82, 2.24) is 10.3 Å². The largest absolute Gasteiger partial charge is 0.449 e. The van der Waals surface area contributed by atoms with E-state index in [1.807, 2.05) is 0 Å². The molecule has 1 rings (SSSR count). The number of rotatable bonds is 5. The van der Waals surface area contributed by atoms with Crippen LogP contribution in [0.2, 0.25) is 0 Å². The Morgan fingerprint density at radius 3 is 2.67 bits per heavy atom. The number of alkyl halides is 2. The molecule has 1 heterocycles. The van der Waals surface area contributed by atoms with Gasteiger partial charge in [0.1, 0.15) is 5.03 Å². The molecule has 0 fully saturated rings. The molecule has 1 aromatic rings. The summed E-state index contributed by atoms with van der Waals surface area (Å²) in [7, 11) is 0. The topological polar surface area (TPSA) is 111 Å². The first-order valence-corrected chi connectivity index (χ1v) is 6.40. The van der Waals surface area contributed by atoms with Crippen LogP contribution in [0.25, 0.3) is 0 Å². The van der Waals surface area contributed by atoms with Crippen molar-refractivity contribution >= 4 is 29.7 Å². The molecule has 0 radical (unpaired) electrons. The van der Waals surface area contributed by atoms with Crippen LogP contribution in [-0.2, 0) is 9.53 Å². The Morgan fingerprint density at radius 1 is 1.43 bits per heavy atom. The van der Waals surface area contributed by atoms with Crippen molar-refractivity contribution in [2.24, 2.45) is 5.73 Å². The van der Waals surface area contributed by atoms with Crippen LogP contribution in [-0.4, -0.2) is 34.8 Å². The van der Waals surface area contributed by atoms with Gasteiger partial charge in [0.05, 0.1) is 5.56 Å². The summed E-state index contributed by atoms with van der Waals surface area (Å²) in [5.41, 5.74) is 4.54. The Bertz CT molecular complexity index is 556. The summed E-state index contributed by atoms with van der Waals surface area (Å²) in [5.74, 6) is -4.71. The Morgan fingerprint density at radius 2 is 2.10 bits per heavy atom. The molecule has 0 aromatic carbocycles. The van der Waals surface area contributed by atoms with Crippen LogP contribution in [0.3, 0.4) is 0 Å². The number of hydrogen-bond acceptors (Lipinski definition) is 6. The lowest BCUT2D eigenvalue weighted by Gasteiger charge is -2.13. The number of imide groups is 1. The van der Waals surface area contributed by atoms with Gasteiger partial charge in [-0.2, -0.15) is 8.78 Å². The summed E-state index contributed by atoms with van der Waals surface area (Å²) in [6.07, 6.45) is -0.0836. The highest BCUT2D eigenvalue weighted by Gasteiger charge is 2.23. The highest BCUT2D eigenvalue weighted by molar-refractivity contribution is 7.99. The predicted octanol–water partition coefficient (Wildman–Crippen LogP) is 1.14. The molecule has 21 heavy (non-hydrogen) atoms. The minimum atomic E-state index is -2.76. The fourth-order valence-electron chi connectivity index (χ4n) is 1.23. The third-order valence-corrected chi connectivity index (χ3v) is 2.82. The van der Waals surface area contributed by atoms with E-state index in [2.05, 4.69) is 4.98 Å². The minimum Gasteiger partial charge on any atom is -0.449 e. The number of urea groups is 1. The number of carbonyl (C=O) groups is 3. The maximum atomic E-state index is 12.4. The van der Waals surface area contributed by atoms with Gasteiger partial charge in [-0.3, -0.25) is 10.1 Å². The van der Waals surface area contributed by atoms with Gasteiger partial charge in [-0.1, -0.05) is 0 Å².